The fourth-order valence-electron chi connectivity index (χ4n) is 1.62. The highest BCUT2D eigenvalue weighted by atomic mass is 16.6. The minimum Gasteiger partial charge on any atom is -0.258 e. The average molecular weight is 204 g/mol. The van der Waals surface area contributed by atoms with Gasteiger partial charge in [0, 0.05) is 11.6 Å². The van der Waals surface area contributed by atoms with Crippen molar-refractivity contribution >= 4 is 5.69 Å². The molecule has 4 nitrogen and oxygen atoms in total. The minimum atomic E-state index is -0.396. The van der Waals surface area contributed by atoms with Gasteiger partial charge in [0.2, 0.25) is 0 Å². The summed E-state index contributed by atoms with van der Waals surface area (Å²) in [4.78, 5) is 10.4. The van der Waals surface area contributed by atoms with Crippen LogP contribution in [0.4, 0.5) is 5.69 Å². The molecule has 0 spiro atoms. The van der Waals surface area contributed by atoms with Crippen LogP contribution in [0.5, 0.6) is 0 Å². The van der Waals surface area contributed by atoms with Gasteiger partial charge in [0.25, 0.3) is 5.69 Å². The lowest BCUT2D eigenvalue weighted by molar-refractivity contribution is -0.385. The topological polar surface area (TPSA) is 66.9 Å². The monoisotopic (exact) mass is 204 g/mol. The number of hydrogen-bond acceptors (Lipinski definition) is 3. The molecule has 1 rings (SSSR count). The first-order chi connectivity index (χ1) is 7.11. The molecule has 1 atom stereocenters. The maximum Gasteiger partial charge on any atom is 0.272 e. The maximum atomic E-state index is 10.8. The summed E-state index contributed by atoms with van der Waals surface area (Å²) in [7, 11) is 0. The number of benzene rings is 1. The van der Waals surface area contributed by atoms with Crippen molar-refractivity contribution in [2.75, 3.05) is 0 Å². The van der Waals surface area contributed by atoms with E-state index >= 15 is 0 Å². The van der Waals surface area contributed by atoms with Crippen LogP contribution in [0.1, 0.15) is 30.9 Å². The molecule has 0 aliphatic heterocycles. The normalized spacial score (nSPS) is 11.8. The SMILES string of the molecule is CCc1c(C(C)C#N)cccc1[N+](=O)[O-]. The van der Waals surface area contributed by atoms with Crippen LogP contribution in [0.25, 0.3) is 0 Å². The van der Waals surface area contributed by atoms with Gasteiger partial charge < -0.3 is 0 Å². The minimum absolute atomic E-state index is 0.108. The number of nitriles is 1. The second kappa shape index (κ2) is 4.56. The molecule has 0 aliphatic rings. The van der Waals surface area contributed by atoms with Crippen LogP contribution in [0.3, 0.4) is 0 Å². The van der Waals surface area contributed by atoms with Gasteiger partial charge in [-0.15, -0.1) is 0 Å². The van der Waals surface area contributed by atoms with Crippen molar-refractivity contribution < 1.29 is 4.92 Å². The molecule has 0 radical (unpaired) electrons. The first-order valence-electron chi connectivity index (χ1n) is 4.77. The van der Waals surface area contributed by atoms with Gasteiger partial charge in [-0.3, -0.25) is 10.1 Å². The van der Waals surface area contributed by atoms with E-state index < -0.39 is 4.92 Å². The van der Waals surface area contributed by atoms with Crippen LogP contribution < -0.4 is 0 Å². The van der Waals surface area contributed by atoms with Crippen LogP contribution in [0.15, 0.2) is 18.2 Å². The molecule has 0 fully saturated rings. The molecule has 1 unspecified atom stereocenters. The number of nitro groups is 1. The molecule has 0 aromatic heterocycles. The molecular formula is C11H12N2O2. The van der Waals surface area contributed by atoms with Crippen molar-refractivity contribution in [3.63, 3.8) is 0 Å². The molecule has 0 saturated heterocycles. The van der Waals surface area contributed by atoms with E-state index in [2.05, 4.69) is 6.07 Å². The fraction of sp³-hybridized carbons (Fsp3) is 0.364. The van der Waals surface area contributed by atoms with Crippen molar-refractivity contribution in [3.8, 4) is 6.07 Å². The van der Waals surface area contributed by atoms with Gasteiger partial charge in [-0.25, -0.2) is 0 Å². The van der Waals surface area contributed by atoms with Crippen molar-refractivity contribution in [1.82, 2.24) is 0 Å². The van der Waals surface area contributed by atoms with Crippen LogP contribution in [0, 0.1) is 21.4 Å². The molecule has 1 aromatic rings. The molecule has 0 aliphatic carbocycles. The molecule has 0 saturated carbocycles. The summed E-state index contributed by atoms with van der Waals surface area (Å²) in [6.45, 7) is 3.61. The summed E-state index contributed by atoms with van der Waals surface area (Å²) in [5.74, 6) is -0.306. The highest BCUT2D eigenvalue weighted by molar-refractivity contribution is 5.48. The molecule has 1 aromatic carbocycles. The predicted molar refractivity (Wildman–Crippen MR) is 56.5 cm³/mol. The van der Waals surface area contributed by atoms with Gasteiger partial charge in [-0.05, 0) is 18.9 Å². The Kier molecular flexibility index (Phi) is 3.40. The molecule has 0 heterocycles. The van der Waals surface area contributed by atoms with Crippen LogP contribution in [-0.4, -0.2) is 4.92 Å². The van der Waals surface area contributed by atoms with Crippen molar-refractivity contribution in [1.29, 1.82) is 5.26 Å². The zero-order chi connectivity index (χ0) is 11.4. The van der Waals surface area contributed by atoms with E-state index in [1.807, 2.05) is 6.92 Å². The Bertz CT molecular complexity index is 421. The van der Waals surface area contributed by atoms with Crippen molar-refractivity contribution in [3.05, 3.63) is 39.4 Å². The summed E-state index contributed by atoms with van der Waals surface area (Å²) in [5, 5.41) is 19.6. The standard InChI is InChI=1S/C11H12N2O2/c1-3-9-10(8(2)7-12)5-4-6-11(9)13(14)15/h4-6,8H,3H2,1-2H3. The Morgan fingerprint density at radius 1 is 1.60 bits per heavy atom. The van der Waals surface area contributed by atoms with Gasteiger partial charge in [-0.1, -0.05) is 19.1 Å². The van der Waals surface area contributed by atoms with E-state index in [1.165, 1.54) is 6.07 Å². The first kappa shape index (κ1) is 11.2. The van der Waals surface area contributed by atoms with E-state index in [9.17, 15) is 10.1 Å². The lowest BCUT2D eigenvalue weighted by Gasteiger charge is -2.09. The molecule has 0 N–H and O–H groups in total. The molecule has 4 heteroatoms. The van der Waals surface area contributed by atoms with E-state index in [0.29, 0.717) is 12.0 Å². The second-order valence-electron chi connectivity index (χ2n) is 3.31. The van der Waals surface area contributed by atoms with Crippen LogP contribution in [0.2, 0.25) is 0 Å². The fourth-order valence-corrected chi connectivity index (χ4v) is 1.62. The lowest BCUT2D eigenvalue weighted by Crippen LogP contribution is -2.01. The molecule has 0 bridgehead atoms. The van der Waals surface area contributed by atoms with Crippen molar-refractivity contribution in [2.45, 2.75) is 26.2 Å². The third-order valence-corrected chi connectivity index (χ3v) is 2.40. The molecule has 15 heavy (non-hydrogen) atoms. The highest BCUT2D eigenvalue weighted by Crippen LogP contribution is 2.27. The van der Waals surface area contributed by atoms with Gasteiger partial charge in [-0.2, -0.15) is 5.26 Å². The van der Waals surface area contributed by atoms with E-state index in [4.69, 9.17) is 5.26 Å². The first-order valence-corrected chi connectivity index (χ1v) is 4.77. The maximum absolute atomic E-state index is 10.8. The summed E-state index contributed by atoms with van der Waals surface area (Å²) in [6, 6.07) is 6.98. The Hall–Kier alpha value is -1.89. The summed E-state index contributed by atoms with van der Waals surface area (Å²) >= 11 is 0. The zero-order valence-electron chi connectivity index (χ0n) is 8.73. The Morgan fingerprint density at radius 3 is 2.73 bits per heavy atom. The van der Waals surface area contributed by atoms with Crippen LogP contribution >= 0.6 is 0 Å². The van der Waals surface area contributed by atoms with E-state index in [1.54, 1.807) is 19.1 Å². The summed E-state index contributed by atoms with van der Waals surface area (Å²) < 4.78 is 0. The van der Waals surface area contributed by atoms with Gasteiger partial charge in [0.1, 0.15) is 0 Å². The average Bonchev–Trinajstić information content (AvgIpc) is 2.26. The van der Waals surface area contributed by atoms with Gasteiger partial charge in [0.05, 0.1) is 16.9 Å². The number of rotatable bonds is 3. The van der Waals surface area contributed by atoms with E-state index in [-0.39, 0.29) is 11.6 Å². The Labute approximate surface area is 88.3 Å². The van der Waals surface area contributed by atoms with Crippen molar-refractivity contribution in [2.24, 2.45) is 0 Å². The summed E-state index contributed by atoms with van der Waals surface area (Å²) in [6.07, 6.45) is 0.568. The summed E-state index contributed by atoms with van der Waals surface area (Å²) in [5.41, 5.74) is 1.53. The molecule has 78 valence electrons. The largest absolute Gasteiger partial charge is 0.272 e. The second-order valence-corrected chi connectivity index (χ2v) is 3.31. The van der Waals surface area contributed by atoms with Gasteiger partial charge in [0.15, 0.2) is 0 Å². The predicted octanol–water partition coefficient (Wildman–Crippen LogP) is 2.78. The zero-order valence-corrected chi connectivity index (χ0v) is 8.73. The van der Waals surface area contributed by atoms with Crippen LogP contribution in [-0.2, 0) is 6.42 Å². The Balaban J connectivity index is 3.36. The molecule has 0 amide bonds. The third kappa shape index (κ3) is 2.13. The number of hydrogen-bond donors (Lipinski definition) is 0. The van der Waals surface area contributed by atoms with E-state index in [0.717, 1.165) is 5.56 Å². The number of nitrogens with zero attached hydrogens (tertiary/aromatic N) is 2. The van der Waals surface area contributed by atoms with Gasteiger partial charge >= 0.3 is 0 Å². The quantitative estimate of drug-likeness (QED) is 0.561. The lowest BCUT2D eigenvalue weighted by atomic mass is 9.94. The highest BCUT2D eigenvalue weighted by Gasteiger charge is 2.18. The smallest absolute Gasteiger partial charge is 0.258 e. The third-order valence-electron chi connectivity index (χ3n) is 2.40. The number of nitro benzene ring substituents is 1. The molecular weight excluding hydrogens is 192 g/mol. The Morgan fingerprint density at radius 2 is 2.27 bits per heavy atom.